The average Bonchev–Trinajstić information content (AvgIpc) is 2.78. The van der Waals surface area contributed by atoms with Crippen LogP contribution in [0, 0.1) is 0 Å². The predicted molar refractivity (Wildman–Crippen MR) is 113 cm³/mol. The molecular formula is C22H26N2O5S. The third kappa shape index (κ3) is 4.76. The Hall–Kier alpha value is -2.58. The van der Waals surface area contributed by atoms with Gasteiger partial charge < -0.3 is 14.8 Å². The summed E-state index contributed by atoms with van der Waals surface area (Å²) in [5, 5.41) is 2.86. The van der Waals surface area contributed by atoms with Crippen molar-refractivity contribution in [3.63, 3.8) is 0 Å². The number of ether oxygens (including phenoxy) is 2. The molecule has 160 valence electrons. The van der Waals surface area contributed by atoms with Crippen LogP contribution in [0.5, 0.6) is 11.5 Å². The molecule has 1 N–H and O–H groups in total. The van der Waals surface area contributed by atoms with Gasteiger partial charge in [0.1, 0.15) is 13.2 Å². The summed E-state index contributed by atoms with van der Waals surface area (Å²) < 4.78 is 38.0. The Labute approximate surface area is 177 Å². The summed E-state index contributed by atoms with van der Waals surface area (Å²) in [6.45, 7) is 2.19. The number of hydrogen-bond acceptors (Lipinski definition) is 5. The van der Waals surface area contributed by atoms with E-state index in [0.29, 0.717) is 61.2 Å². The van der Waals surface area contributed by atoms with Crippen LogP contribution in [-0.4, -0.2) is 44.9 Å². The van der Waals surface area contributed by atoms with E-state index in [4.69, 9.17) is 9.47 Å². The third-order valence-electron chi connectivity index (χ3n) is 5.34. The Balaban J connectivity index is 1.32. The second kappa shape index (κ2) is 9.06. The van der Waals surface area contributed by atoms with Crippen LogP contribution in [0.3, 0.4) is 0 Å². The van der Waals surface area contributed by atoms with Crippen molar-refractivity contribution in [2.75, 3.05) is 31.6 Å². The molecule has 0 bridgehead atoms. The lowest BCUT2D eigenvalue weighted by atomic mass is 10.1. The summed E-state index contributed by atoms with van der Waals surface area (Å²) in [6, 6.07) is 12.2. The summed E-state index contributed by atoms with van der Waals surface area (Å²) in [5.74, 6) is 1.19. The zero-order chi connectivity index (χ0) is 21.0. The number of rotatable bonds is 6. The van der Waals surface area contributed by atoms with Crippen molar-refractivity contribution in [2.45, 2.75) is 37.0 Å². The number of carbonyl (C=O) groups excluding carboxylic acids is 1. The number of benzene rings is 2. The standard InChI is InChI=1S/C22H26N2O5S/c25-22(23-18-7-10-20-21(16-18)29-15-14-28-20)11-6-17-4-8-19(9-5-17)30(26,27)24-12-2-1-3-13-24/h4-5,7-10,16H,1-3,6,11-15H2,(H,23,25). The van der Waals surface area contributed by atoms with E-state index >= 15 is 0 Å². The molecule has 2 aromatic carbocycles. The highest BCUT2D eigenvalue weighted by Gasteiger charge is 2.25. The highest BCUT2D eigenvalue weighted by Crippen LogP contribution is 2.32. The van der Waals surface area contributed by atoms with E-state index < -0.39 is 10.0 Å². The first-order chi connectivity index (χ1) is 14.5. The Kier molecular flexibility index (Phi) is 6.24. The minimum absolute atomic E-state index is 0.114. The summed E-state index contributed by atoms with van der Waals surface area (Å²) in [5.41, 5.74) is 1.58. The number of nitrogens with one attached hydrogen (secondary N) is 1. The fourth-order valence-corrected chi connectivity index (χ4v) is 5.20. The molecule has 0 aliphatic carbocycles. The van der Waals surface area contributed by atoms with E-state index in [2.05, 4.69) is 5.32 Å². The number of piperidine rings is 1. The molecule has 1 saturated heterocycles. The van der Waals surface area contributed by atoms with Crippen molar-refractivity contribution < 1.29 is 22.7 Å². The Morgan fingerprint density at radius 3 is 2.37 bits per heavy atom. The summed E-state index contributed by atoms with van der Waals surface area (Å²) in [6.07, 6.45) is 3.73. The van der Waals surface area contributed by atoms with E-state index in [1.165, 1.54) is 0 Å². The van der Waals surface area contributed by atoms with Gasteiger partial charge >= 0.3 is 0 Å². The maximum Gasteiger partial charge on any atom is 0.243 e. The molecule has 2 aliphatic rings. The van der Waals surface area contributed by atoms with Crippen molar-refractivity contribution in [1.82, 2.24) is 4.31 Å². The maximum absolute atomic E-state index is 12.7. The van der Waals surface area contributed by atoms with Gasteiger partial charge in [-0.05, 0) is 49.1 Å². The fourth-order valence-electron chi connectivity index (χ4n) is 3.68. The smallest absolute Gasteiger partial charge is 0.243 e. The SMILES string of the molecule is O=C(CCc1ccc(S(=O)(=O)N2CCCCC2)cc1)Nc1ccc2c(c1)OCCO2. The minimum atomic E-state index is -3.43. The molecule has 4 rings (SSSR count). The van der Waals surface area contributed by atoms with E-state index in [1.54, 1.807) is 46.8 Å². The minimum Gasteiger partial charge on any atom is -0.486 e. The number of carbonyl (C=O) groups is 1. The van der Waals surface area contributed by atoms with Crippen molar-refractivity contribution >= 4 is 21.6 Å². The first-order valence-electron chi connectivity index (χ1n) is 10.3. The van der Waals surface area contributed by atoms with Gasteiger partial charge in [-0.2, -0.15) is 4.31 Å². The van der Waals surface area contributed by atoms with Crippen LogP contribution in [0.4, 0.5) is 5.69 Å². The molecule has 0 radical (unpaired) electrons. The van der Waals surface area contributed by atoms with Crippen LogP contribution in [-0.2, 0) is 21.2 Å². The zero-order valence-electron chi connectivity index (χ0n) is 16.8. The predicted octanol–water partition coefficient (Wildman–Crippen LogP) is 3.20. The van der Waals surface area contributed by atoms with Crippen molar-refractivity contribution in [1.29, 1.82) is 0 Å². The van der Waals surface area contributed by atoms with Crippen LogP contribution in [0.2, 0.25) is 0 Å². The molecule has 0 aromatic heterocycles. The van der Waals surface area contributed by atoms with Crippen LogP contribution >= 0.6 is 0 Å². The molecule has 0 saturated carbocycles. The van der Waals surface area contributed by atoms with E-state index in [9.17, 15) is 13.2 Å². The number of nitrogens with zero attached hydrogens (tertiary/aromatic N) is 1. The van der Waals surface area contributed by atoms with Gasteiger partial charge in [-0.3, -0.25) is 4.79 Å². The molecule has 1 amide bonds. The van der Waals surface area contributed by atoms with Crippen molar-refractivity contribution in [3.8, 4) is 11.5 Å². The topological polar surface area (TPSA) is 84.9 Å². The van der Waals surface area contributed by atoms with E-state index in [0.717, 1.165) is 24.8 Å². The molecule has 0 spiro atoms. The number of sulfonamides is 1. The van der Waals surface area contributed by atoms with E-state index in [1.807, 2.05) is 0 Å². The summed E-state index contributed by atoms with van der Waals surface area (Å²) >= 11 is 0. The normalized spacial score (nSPS) is 16.8. The number of anilines is 1. The lowest BCUT2D eigenvalue weighted by Gasteiger charge is -2.25. The second-order valence-corrected chi connectivity index (χ2v) is 9.45. The molecule has 0 unspecified atom stereocenters. The van der Waals surface area contributed by atoms with Gasteiger partial charge in [0.05, 0.1) is 4.90 Å². The van der Waals surface area contributed by atoms with Crippen LogP contribution in [0.15, 0.2) is 47.4 Å². The van der Waals surface area contributed by atoms with Gasteiger partial charge in [-0.25, -0.2) is 8.42 Å². The van der Waals surface area contributed by atoms with Gasteiger partial charge in [-0.15, -0.1) is 0 Å². The quantitative estimate of drug-likeness (QED) is 0.761. The largest absolute Gasteiger partial charge is 0.486 e. The highest BCUT2D eigenvalue weighted by atomic mass is 32.2. The van der Waals surface area contributed by atoms with E-state index in [-0.39, 0.29) is 5.91 Å². The third-order valence-corrected chi connectivity index (χ3v) is 7.26. The Morgan fingerprint density at radius 2 is 1.63 bits per heavy atom. The first-order valence-corrected chi connectivity index (χ1v) is 11.7. The molecule has 30 heavy (non-hydrogen) atoms. The monoisotopic (exact) mass is 430 g/mol. The van der Waals surface area contributed by atoms with Gasteiger partial charge in [0.15, 0.2) is 11.5 Å². The van der Waals surface area contributed by atoms with Gasteiger partial charge in [0.25, 0.3) is 0 Å². The van der Waals surface area contributed by atoms with Crippen LogP contribution in [0.1, 0.15) is 31.2 Å². The molecule has 2 heterocycles. The number of fused-ring (bicyclic) bond motifs is 1. The van der Waals surface area contributed by atoms with Gasteiger partial charge in [-0.1, -0.05) is 18.6 Å². The average molecular weight is 431 g/mol. The van der Waals surface area contributed by atoms with Crippen LogP contribution in [0.25, 0.3) is 0 Å². The molecule has 7 nitrogen and oxygen atoms in total. The van der Waals surface area contributed by atoms with Crippen molar-refractivity contribution in [2.24, 2.45) is 0 Å². The molecule has 2 aliphatic heterocycles. The lowest BCUT2D eigenvalue weighted by molar-refractivity contribution is -0.116. The van der Waals surface area contributed by atoms with Gasteiger partial charge in [0.2, 0.25) is 15.9 Å². The maximum atomic E-state index is 12.7. The van der Waals surface area contributed by atoms with Crippen molar-refractivity contribution in [3.05, 3.63) is 48.0 Å². The van der Waals surface area contributed by atoms with Crippen LogP contribution < -0.4 is 14.8 Å². The lowest BCUT2D eigenvalue weighted by Crippen LogP contribution is -2.35. The summed E-state index contributed by atoms with van der Waals surface area (Å²) in [7, 11) is -3.43. The first kappa shape index (κ1) is 20.7. The second-order valence-electron chi connectivity index (χ2n) is 7.52. The molecular weight excluding hydrogens is 404 g/mol. The zero-order valence-corrected chi connectivity index (χ0v) is 17.6. The number of amides is 1. The molecule has 0 atom stereocenters. The Morgan fingerprint density at radius 1 is 0.933 bits per heavy atom. The number of aryl methyl sites for hydroxylation is 1. The molecule has 1 fully saturated rings. The molecule has 8 heteroatoms. The fraction of sp³-hybridized carbons (Fsp3) is 0.409. The Bertz CT molecular complexity index is 999. The molecule has 2 aromatic rings. The van der Waals surface area contributed by atoms with Gasteiger partial charge in [0, 0.05) is 31.3 Å². The number of hydrogen-bond donors (Lipinski definition) is 1. The summed E-state index contributed by atoms with van der Waals surface area (Å²) in [4.78, 5) is 12.6. The highest BCUT2D eigenvalue weighted by molar-refractivity contribution is 7.89.